The molecule has 33 heavy (non-hydrogen) atoms. The van der Waals surface area contributed by atoms with Gasteiger partial charge in [-0.1, -0.05) is 0 Å². The first-order valence-corrected chi connectivity index (χ1v) is 10.9. The number of hydrogen-bond acceptors (Lipinski definition) is 8. The summed E-state index contributed by atoms with van der Waals surface area (Å²) in [6, 6.07) is 8.87. The van der Waals surface area contributed by atoms with E-state index < -0.39 is 5.54 Å². The molecular weight excluding hydrogens is 428 g/mol. The van der Waals surface area contributed by atoms with Crippen LogP contribution in [0.2, 0.25) is 0 Å². The van der Waals surface area contributed by atoms with Crippen LogP contribution in [0.15, 0.2) is 40.9 Å². The number of aliphatic hydroxyl groups is 2. The van der Waals surface area contributed by atoms with Gasteiger partial charge < -0.3 is 34.2 Å². The zero-order valence-electron chi connectivity index (χ0n) is 18.5. The minimum atomic E-state index is -0.696. The van der Waals surface area contributed by atoms with Crippen molar-refractivity contribution < 1.29 is 33.6 Å². The lowest BCUT2D eigenvalue weighted by atomic mass is 9.90. The van der Waals surface area contributed by atoms with Gasteiger partial charge in [0.15, 0.2) is 0 Å². The molecule has 1 aliphatic rings. The second-order valence-corrected chi connectivity index (χ2v) is 8.04. The Morgan fingerprint density at radius 3 is 2.64 bits per heavy atom. The predicted octanol–water partition coefficient (Wildman–Crippen LogP) is 2.36. The molecule has 0 bridgehead atoms. The number of nitrogens with one attached hydrogen (secondary N) is 1. The molecule has 0 atom stereocenters. The van der Waals surface area contributed by atoms with Gasteiger partial charge in [0.25, 0.3) is 5.91 Å². The molecule has 9 heteroatoms. The van der Waals surface area contributed by atoms with Gasteiger partial charge in [0.2, 0.25) is 0 Å². The van der Waals surface area contributed by atoms with Crippen molar-refractivity contribution in [3.8, 4) is 11.5 Å². The first-order valence-electron chi connectivity index (χ1n) is 10.9. The van der Waals surface area contributed by atoms with Crippen LogP contribution in [0.4, 0.5) is 0 Å². The predicted molar refractivity (Wildman–Crippen MR) is 119 cm³/mol. The fourth-order valence-electron chi connectivity index (χ4n) is 3.86. The lowest BCUT2D eigenvalue weighted by Gasteiger charge is -2.36. The Morgan fingerprint density at radius 2 is 1.94 bits per heavy atom. The van der Waals surface area contributed by atoms with Crippen LogP contribution in [0, 0.1) is 6.92 Å². The van der Waals surface area contributed by atoms with Crippen molar-refractivity contribution in [2.24, 2.45) is 0 Å². The summed E-state index contributed by atoms with van der Waals surface area (Å²) in [5, 5.41) is 22.4. The van der Waals surface area contributed by atoms with Crippen molar-refractivity contribution in [1.29, 1.82) is 0 Å². The number of aliphatic hydroxyl groups excluding tert-OH is 2. The highest BCUT2D eigenvalue weighted by Crippen LogP contribution is 2.30. The standard InChI is InChI=1S/C24H28N2O7/c1-16-22(23(29)26-24(15-28)6-9-30-10-7-24)20-12-18(4-5-21(20)33-16)32-14-17-2-3-19(13-25-17)31-11-8-27/h2-5,12-13,27-28H,6-11,14-15H2,1H3,(H,26,29). The van der Waals surface area contributed by atoms with Crippen molar-refractivity contribution in [1.82, 2.24) is 10.3 Å². The van der Waals surface area contributed by atoms with Crippen LogP contribution in [0.5, 0.6) is 11.5 Å². The number of furan rings is 1. The molecule has 2 aromatic heterocycles. The molecule has 4 rings (SSSR count). The molecule has 1 fully saturated rings. The second-order valence-electron chi connectivity index (χ2n) is 8.04. The molecule has 1 aliphatic heterocycles. The Kier molecular flexibility index (Phi) is 7.12. The van der Waals surface area contributed by atoms with Gasteiger partial charge in [0.05, 0.1) is 36.2 Å². The summed E-state index contributed by atoms with van der Waals surface area (Å²) in [5.41, 5.74) is 1.02. The molecule has 0 aliphatic carbocycles. The Bertz CT molecular complexity index is 1090. The third-order valence-corrected chi connectivity index (χ3v) is 5.74. The average molecular weight is 456 g/mol. The van der Waals surface area contributed by atoms with Crippen LogP contribution in [0.1, 0.15) is 34.7 Å². The minimum absolute atomic E-state index is 0.0593. The molecule has 9 nitrogen and oxygen atoms in total. The average Bonchev–Trinajstić information content (AvgIpc) is 3.17. The van der Waals surface area contributed by atoms with E-state index in [0.717, 1.165) is 0 Å². The third kappa shape index (κ3) is 5.27. The highest BCUT2D eigenvalue weighted by molar-refractivity contribution is 6.07. The summed E-state index contributed by atoms with van der Waals surface area (Å²) in [7, 11) is 0. The van der Waals surface area contributed by atoms with Crippen molar-refractivity contribution in [3.63, 3.8) is 0 Å². The lowest BCUT2D eigenvalue weighted by Crippen LogP contribution is -2.54. The fraction of sp³-hybridized carbons (Fsp3) is 0.417. The van der Waals surface area contributed by atoms with Crippen LogP contribution in [-0.4, -0.2) is 59.7 Å². The van der Waals surface area contributed by atoms with Crippen LogP contribution in [0.25, 0.3) is 11.0 Å². The van der Waals surface area contributed by atoms with E-state index in [1.807, 2.05) is 0 Å². The maximum atomic E-state index is 13.2. The number of fused-ring (bicyclic) bond motifs is 1. The van der Waals surface area contributed by atoms with Crippen LogP contribution < -0.4 is 14.8 Å². The highest BCUT2D eigenvalue weighted by Gasteiger charge is 2.35. The van der Waals surface area contributed by atoms with Crippen LogP contribution in [0.3, 0.4) is 0 Å². The first kappa shape index (κ1) is 23.0. The van der Waals surface area contributed by atoms with E-state index in [2.05, 4.69) is 10.3 Å². The van der Waals surface area contributed by atoms with E-state index in [0.29, 0.717) is 65.5 Å². The molecule has 176 valence electrons. The van der Waals surface area contributed by atoms with Gasteiger partial charge in [0.1, 0.15) is 36.1 Å². The highest BCUT2D eigenvalue weighted by atomic mass is 16.5. The number of benzene rings is 1. The summed E-state index contributed by atoms with van der Waals surface area (Å²) >= 11 is 0. The maximum Gasteiger partial charge on any atom is 0.255 e. The maximum absolute atomic E-state index is 13.2. The van der Waals surface area contributed by atoms with Crippen LogP contribution >= 0.6 is 0 Å². The Labute approximate surface area is 191 Å². The molecule has 1 saturated heterocycles. The zero-order chi connectivity index (χ0) is 23.3. The van der Waals surface area contributed by atoms with E-state index in [1.54, 1.807) is 43.5 Å². The van der Waals surface area contributed by atoms with Gasteiger partial charge in [-0.05, 0) is 50.1 Å². The van der Waals surface area contributed by atoms with Crippen molar-refractivity contribution in [2.75, 3.05) is 33.0 Å². The fourth-order valence-corrected chi connectivity index (χ4v) is 3.86. The van der Waals surface area contributed by atoms with E-state index in [1.165, 1.54) is 0 Å². The SMILES string of the molecule is Cc1oc2ccc(OCc3ccc(OCCO)cn3)cc2c1C(=O)NC1(CO)CCOCC1. The summed E-state index contributed by atoms with van der Waals surface area (Å²) in [4.78, 5) is 17.5. The number of carbonyl (C=O) groups excluding carboxylic acids is 1. The number of hydrogen-bond donors (Lipinski definition) is 3. The number of aryl methyl sites for hydroxylation is 1. The summed E-state index contributed by atoms with van der Waals surface area (Å²) in [6.07, 6.45) is 2.68. The van der Waals surface area contributed by atoms with Gasteiger partial charge in [0, 0.05) is 18.6 Å². The largest absolute Gasteiger partial charge is 0.490 e. The molecule has 3 N–H and O–H groups in total. The number of amides is 1. The molecule has 0 saturated carbocycles. The van der Waals surface area contributed by atoms with Crippen molar-refractivity contribution in [3.05, 3.63) is 53.5 Å². The number of aromatic nitrogens is 1. The van der Waals surface area contributed by atoms with E-state index in [4.69, 9.17) is 23.7 Å². The van der Waals surface area contributed by atoms with Gasteiger partial charge in [-0.25, -0.2) is 0 Å². The monoisotopic (exact) mass is 456 g/mol. The summed E-state index contributed by atoms with van der Waals surface area (Å²) in [5.74, 6) is 1.35. The number of ether oxygens (including phenoxy) is 3. The Morgan fingerprint density at radius 1 is 1.15 bits per heavy atom. The number of carbonyl (C=O) groups is 1. The smallest absolute Gasteiger partial charge is 0.255 e. The van der Waals surface area contributed by atoms with Gasteiger partial charge in [-0.15, -0.1) is 0 Å². The van der Waals surface area contributed by atoms with E-state index in [9.17, 15) is 9.90 Å². The quantitative estimate of drug-likeness (QED) is 0.448. The van der Waals surface area contributed by atoms with Crippen molar-refractivity contribution in [2.45, 2.75) is 31.9 Å². The number of nitrogens with zero attached hydrogens (tertiary/aromatic N) is 1. The van der Waals surface area contributed by atoms with Crippen molar-refractivity contribution >= 4 is 16.9 Å². The number of rotatable bonds is 9. The molecule has 1 aromatic carbocycles. The third-order valence-electron chi connectivity index (χ3n) is 5.74. The van der Waals surface area contributed by atoms with Crippen LogP contribution in [-0.2, 0) is 11.3 Å². The molecule has 1 amide bonds. The lowest BCUT2D eigenvalue weighted by molar-refractivity contribution is 0.0125. The molecule has 3 aromatic rings. The van der Waals surface area contributed by atoms with E-state index >= 15 is 0 Å². The van der Waals surface area contributed by atoms with Gasteiger partial charge in [-0.2, -0.15) is 0 Å². The first-order chi connectivity index (χ1) is 16.0. The molecular formula is C24H28N2O7. The molecule has 0 radical (unpaired) electrons. The molecule has 0 spiro atoms. The van der Waals surface area contributed by atoms with Gasteiger partial charge >= 0.3 is 0 Å². The van der Waals surface area contributed by atoms with E-state index in [-0.39, 0.29) is 32.3 Å². The second kappa shape index (κ2) is 10.2. The van der Waals surface area contributed by atoms with Gasteiger partial charge in [-0.3, -0.25) is 9.78 Å². The summed E-state index contributed by atoms with van der Waals surface area (Å²) in [6.45, 7) is 2.97. The number of pyridine rings is 1. The Balaban J connectivity index is 1.49. The molecule has 3 heterocycles. The normalized spacial score (nSPS) is 15.4. The minimum Gasteiger partial charge on any atom is -0.490 e. The zero-order valence-corrected chi connectivity index (χ0v) is 18.5. The molecule has 0 unspecified atom stereocenters. The summed E-state index contributed by atoms with van der Waals surface area (Å²) < 4.78 is 22.4. The Hall–Kier alpha value is -3.14. The topological polar surface area (TPSA) is 123 Å².